The normalized spacial score (nSPS) is 12.6. The van der Waals surface area contributed by atoms with E-state index in [1.54, 1.807) is 10.7 Å². The van der Waals surface area contributed by atoms with Crippen molar-refractivity contribution in [2.45, 2.75) is 26.5 Å². The number of tetrazole rings is 1. The lowest BCUT2D eigenvalue weighted by molar-refractivity contribution is 0.0614. The second kappa shape index (κ2) is 5.99. The molecule has 0 saturated heterocycles. The van der Waals surface area contributed by atoms with Gasteiger partial charge in [-0.15, -0.1) is 5.10 Å². The van der Waals surface area contributed by atoms with Crippen LogP contribution in [0.1, 0.15) is 13.8 Å². The van der Waals surface area contributed by atoms with Gasteiger partial charge in [0, 0.05) is 12.2 Å². The lowest BCUT2D eigenvalue weighted by Crippen LogP contribution is -2.18. The van der Waals surface area contributed by atoms with E-state index in [1.165, 1.54) is 0 Å². The predicted octanol–water partition coefficient (Wildman–Crippen LogP) is 2.00. The summed E-state index contributed by atoms with van der Waals surface area (Å²) in [7, 11) is 0. The summed E-state index contributed by atoms with van der Waals surface area (Å²) in [4.78, 5) is 0. The third kappa shape index (κ3) is 3.02. The van der Waals surface area contributed by atoms with Crippen LogP contribution in [0.25, 0.3) is 11.4 Å². The van der Waals surface area contributed by atoms with Gasteiger partial charge in [-0.3, -0.25) is 0 Å². The molecule has 0 saturated carbocycles. The number of halogens is 1. The summed E-state index contributed by atoms with van der Waals surface area (Å²) in [6.45, 7) is 5.13. The Bertz CT molecular complexity index is 557. The van der Waals surface area contributed by atoms with Crippen molar-refractivity contribution in [3.05, 3.63) is 23.2 Å². The van der Waals surface area contributed by atoms with Gasteiger partial charge in [0.2, 0.25) is 0 Å². The van der Waals surface area contributed by atoms with Crippen molar-refractivity contribution in [1.82, 2.24) is 20.2 Å². The van der Waals surface area contributed by atoms with Gasteiger partial charge in [-0.1, -0.05) is 17.7 Å². The molecule has 1 unspecified atom stereocenters. The summed E-state index contributed by atoms with van der Waals surface area (Å²) in [5.74, 6) is 0.589. The van der Waals surface area contributed by atoms with Gasteiger partial charge >= 0.3 is 0 Å². The first-order valence-electron chi connectivity index (χ1n) is 6.05. The van der Waals surface area contributed by atoms with Crippen LogP contribution < -0.4 is 5.73 Å². The summed E-state index contributed by atoms with van der Waals surface area (Å²) in [6.07, 6.45) is 0.0210. The average molecular weight is 282 g/mol. The molecule has 0 amide bonds. The zero-order valence-electron chi connectivity index (χ0n) is 10.9. The number of nitrogens with zero attached hydrogens (tertiary/aromatic N) is 4. The number of nitrogens with two attached hydrogens (primary N) is 1. The number of para-hydroxylation sites is 1. The fourth-order valence-corrected chi connectivity index (χ4v) is 2.01. The van der Waals surface area contributed by atoms with Gasteiger partial charge in [-0.05, 0) is 36.4 Å². The number of hydrogen-bond donors (Lipinski definition) is 1. The molecule has 0 bridgehead atoms. The second-order valence-corrected chi connectivity index (χ2v) is 4.56. The molecular weight excluding hydrogens is 266 g/mol. The topological polar surface area (TPSA) is 78.8 Å². The van der Waals surface area contributed by atoms with Gasteiger partial charge in [-0.2, -0.15) is 0 Å². The predicted molar refractivity (Wildman–Crippen MR) is 73.8 cm³/mol. The largest absolute Gasteiger partial charge is 0.397 e. The highest BCUT2D eigenvalue weighted by Crippen LogP contribution is 2.29. The minimum absolute atomic E-state index is 0.0210. The van der Waals surface area contributed by atoms with Crippen molar-refractivity contribution in [2.24, 2.45) is 0 Å². The molecule has 102 valence electrons. The maximum atomic E-state index is 6.01. The van der Waals surface area contributed by atoms with E-state index in [0.717, 1.165) is 5.56 Å². The molecule has 7 heteroatoms. The van der Waals surface area contributed by atoms with Crippen LogP contribution in [-0.4, -0.2) is 32.9 Å². The van der Waals surface area contributed by atoms with Crippen LogP contribution >= 0.6 is 11.6 Å². The Morgan fingerprint density at radius 2 is 2.26 bits per heavy atom. The molecule has 2 N–H and O–H groups in total. The third-order valence-electron chi connectivity index (χ3n) is 2.71. The van der Waals surface area contributed by atoms with Crippen LogP contribution in [0, 0.1) is 0 Å². The van der Waals surface area contributed by atoms with E-state index in [-0.39, 0.29) is 6.10 Å². The molecule has 2 rings (SSSR count). The molecule has 0 aliphatic heterocycles. The third-order valence-corrected chi connectivity index (χ3v) is 3.04. The molecule has 19 heavy (non-hydrogen) atoms. The molecule has 0 spiro atoms. The molecule has 0 aliphatic rings. The standard InChI is InChI=1S/C12H16ClN5O/c1-3-19-8(2)7-18-12(15-16-17-18)9-5-4-6-10(13)11(9)14/h4-6,8H,3,7,14H2,1-2H3. The molecule has 0 radical (unpaired) electrons. The van der Waals surface area contributed by atoms with Crippen LogP contribution in [-0.2, 0) is 11.3 Å². The van der Waals surface area contributed by atoms with Gasteiger partial charge in [0.1, 0.15) is 0 Å². The summed E-state index contributed by atoms with van der Waals surface area (Å²) >= 11 is 6.01. The van der Waals surface area contributed by atoms with E-state index in [1.807, 2.05) is 26.0 Å². The van der Waals surface area contributed by atoms with Crippen LogP contribution in [0.5, 0.6) is 0 Å². The lowest BCUT2D eigenvalue weighted by Gasteiger charge is -2.13. The van der Waals surface area contributed by atoms with Crippen molar-refractivity contribution >= 4 is 17.3 Å². The van der Waals surface area contributed by atoms with E-state index in [0.29, 0.717) is 29.7 Å². The van der Waals surface area contributed by atoms with Gasteiger partial charge < -0.3 is 10.5 Å². The van der Waals surface area contributed by atoms with Crippen molar-refractivity contribution < 1.29 is 4.74 Å². The molecule has 1 aromatic heterocycles. The minimum atomic E-state index is 0.0210. The Labute approximate surface area is 116 Å². The Kier molecular flexibility index (Phi) is 4.34. The van der Waals surface area contributed by atoms with Crippen molar-refractivity contribution in [3.8, 4) is 11.4 Å². The maximum absolute atomic E-state index is 6.01. The monoisotopic (exact) mass is 281 g/mol. The average Bonchev–Trinajstić information content (AvgIpc) is 2.81. The highest BCUT2D eigenvalue weighted by Gasteiger charge is 2.15. The molecule has 1 heterocycles. The van der Waals surface area contributed by atoms with E-state index >= 15 is 0 Å². The molecule has 0 aliphatic carbocycles. The van der Waals surface area contributed by atoms with E-state index in [4.69, 9.17) is 22.1 Å². The van der Waals surface area contributed by atoms with E-state index < -0.39 is 0 Å². The second-order valence-electron chi connectivity index (χ2n) is 4.15. The summed E-state index contributed by atoms with van der Waals surface area (Å²) < 4.78 is 7.16. The molecule has 6 nitrogen and oxygen atoms in total. The van der Waals surface area contributed by atoms with Gasteiger partial charge in [0.25, 0.3) is 0 Å². The van der Waals surface area contributed by atoms with E-state index in [9.17, 15) is 0 Å². The highest BCUT2D eigenvalue weighted by molar-refractivity contribution is 6.33. The summed E-state index contributed by atoms with van der Waals surface area (Å²) in [5, 5.41) is 12.2. The van der Waals surface area contributed by atoms with Crippen molar-refractivity contribution in [1.29, 1.82) is 0 Å². The van der Waals surface area contributed by atoms with Crippen LogP contribution in [0.15, 0.2) is 18.2 Å². The fourth-order valence-electron chi connectivity index (χ4n) is 1.83. The first-order chi connectivity index (χ1) is 9.13. The zero-order chi connectivity index (χ0) is 13.8. The first kappa shape index (κ1) is 13.8. The molecule has 1 atom stereocenters. The molecule has 2 aromatic rings. The number of ether oxygens (including phenoxy) is 1. The van der Waals surface area contributed by atoms with Crippen LogP contribution in [0.3, 0.4) is 0 Å². The van der Waals surface area contributed by atoms with Gasteiger partial charge in [0.15, 0.2) is 5.82 Å². The Hall–Kier alpha value is -1.66. The number of aromatic nitrogens is 4. The Morgan fingerprint density at radius 3 is 3.00 bits per heavy atom. The maximum Gasteiger partial charge on any atom is 0.184 e. The minimum Gasteiger partial charge on any atom is -0.397 e. The molecule has 0 fully saturated rings. The zero-order valence-corrected chi connectivity index (χ0v) is 11.6. The number of benzene rings is 1. The molecular formula is C12H16ClN5O. The van der Waals surface area contributed by atoms with Crippen molar-refractivity contribution in [2.75, 3.05) is 12.3 Å². The lowest BCUT2D eigenvalue weighted by atomic mass is 10.1. The SMILES string of the molecule is CCOC(C)Cn1nnnc1-c1cccc(Cl)c1N. The number of anilines is 1. The van der Waals surface area contributed by atoms with Crippen LogP contribution in [0.2, 0.25) is 5.02 Å². The Morgan fingerprint density at radius 1 is 1.47 bits per heavy atom. The number of rotatable bonds is 5. The highest BCUT2D eigenvalue weighted by atomic mass is 35.5. The van der Waals surface area contributed by atoms with Gasteiger partial charge in [0.05, 0.1) is 23.4 Å². The summed E-state index contributed by atoms with van der Waals surface area (Å²) in [5.41, 5.74) is 7.16. The number of hydrogen-bond acceptors (Lipinski definition) is 5. The van der Waals surface area contributed by atoms with Crippen molar-refractivity contribution in [3.63, 3.8) is 0 Å². The quantitative estimate of drug-likeness (QED) is 0.848. The molecule has 1 aromatic carbocycles. The van der Waals surface area contributed by atoms with E-state index in [2.05, 4.69) is 15.5 Å². The summed E-state index contributed by atoms with van der Waals surface area (Å²) in [6, 6.07) is 5.39. The Balaban J connectivity index is 2.31. The fraction of sp³-hybridized carbons (Fsp3) is 0.417. The smallest absolute Gasteiger partial charge is 0.184 e. The first-order valence-corrected chi connectivity index (χ1v) is 6.43. The van der Waals surface area contributed by atoms with Gasteiger partial charge in [-0.25, -0.2) is 4.68 Å². The number of nitrogen functional groups attached to an aromatic ring is 1. The van der Waals surface area contributed by atoms with Crippen LogP contribution in [0.4, 0.5) is 5.69 Å².